The minimum Gasteiger partial charge on any atom is -0.342 e. The monoisotopic (exact) mass is 270 g/mol. The standard InChI is InChI=1S/C14H26N2OS/c1-13(2)6-7-16(8-9-18-13)12(17)10-14(11-15)4-3-5-14/h3-11,15H2,1-2H3. The molecule has 18 heavy (non-hydrogen) atoms. The molecule has 2 fully saturated rings. The van der Waals surface area contributed by atoms with Crippen LogP contribution >= 0.6 is 11.8 Å². The number of nitrogens with zero attached hydrogens (tertiary/aromatic N) is 1. The number of thioether (sulfide) groups is 1. The number of carbonyl (C=O) groups excluding carboxylic acids is 1. The first kappa shape index (κ1) is 14.2. The predicted octanol–water partition coefficient (Wildman–Crippen LogP) is 2.25. The molecule has 3 nitrogen and oxygen atoms in total. The summed E-state index contributed by atoms with van der Waals surface area (Å²) in [4.78, 5) is 14.5. The van der Waals surface area contributed by atoms with Crippen molar-refractivity contribution in [2.75, 3.05) is 25.4 Å². The van der Waals surface area contributed by atoms with Crippen LogP contribution in [-0.4, -0.2) is 40.9 Å². The van der Waals surface area contributed by atoms with Crippen molar-refractivity contribution in [1.29, 1.82) is 0 Å². The normalized spacial score (nSPS) is 26.3. The molecular weight excluding hydrogens is 244 g/mol. The lowest BCUT2D eigenvalue weighted by Crippen LogP contribution is -2.44. The molecule has 4 heteroatoms. The van der Waals surface area contributed by atoms with E-state index in [1.165, 1.54) is 6.42 Å². The van der Waals surface area contributed by atoms with Gasteiger partial charge in [-0.25, -0.2) is 0 Å². The number of carbonyl (C=O) groups is 1. The first-order valence-corrected chi connectivity index (χ1v) is 8.07. The molecule has 0 atom stereocenters. The summed E-state index contributed by atoms with van der Waals surface area (Å²) in [6, 6.07) is 0. The minimum absolute atomic E-state index is 0.145. The van der Waals surface area contributed by atoms with Crippen LogP contribution in [0, 0.1) is 5.41 Å². The van der Waals surface area contributed by atoms with Crippen molar-refractivity contribution in [3.8, 4) is 0 Å². The molecule has 0 aromatic rings. The maximum absolute atomic E-state index is 12.4. The zero-order valence-electron chi connectivity index (χ0n) is 11.7. The molecule has 0 spiro atoms. The number of hydrogen-bond acceptors (Lipinski definition) is 3. The van der Waals surface area contributed by atoms with Crippen LogP contribution in [0.25, 0.3) is 0 Å². The predicted molar refractivity (Wildman–Crippen MR) is 77.7 cm³/mol. The second-order valence-electron chi connectivity index (χ2n) is 6.47. The number of rotatable bonds is 3. The summed E-state index contributed by atoms with van der Waals surface area (Å²) in [5, 5.41) is 0. The maximum atomic E-state index is 12.4. The Balaban J connectivity index is 1.89. The third-order valence-electron chi connectivity index (χ3n) is 4.56. The lowest BCUT2D eigenvalue weighted by molar-refractivity contribution is -0.134. The van der Waals surface area contributed by atoms with Crippen molar-refractivity contribution >= 4 is 17.7 Å². The van der Waals surface area contributed by atoms with Gasteiger partial charge < -0.3 is 10.6 Å². The molecule has 0 aromatic heterocycles. The van der Waals surface area contributed by atoms with Crippen LogP contribution < -0.4 is 5.73 Å². The molecule has 1 heterocycles. The minimum atomic E-state index is 0.145. The molecule has 0 aromatic carbocycles. The number of amides is 1. The van der Waals surface area contributed by atoms with Gasteiger partial charge in [-0.1, -0.05) is 20.3 Å². The summed E-state index contributed by atoms with van der Waals surface area (Å²) in [5.74, 6) is 1.40. The van der Waals surface area contributed by atoms with E-state index in [0.717, 1.165) is 38.1 Å². The Labute approximate surface area is 115 Å². The number of nitrogens with two attached hydrogens (primary N) is 1. The molecule has 2 aliphatic rings. The summed E-state index contributed by atoms with van der Waals surface area (Å²) < 4.78 is 0.317. The van der Waals surface area contributed by atoms with E-state index >= 15 is 0 Å². The Bertz CT molecular complexity index is 307. The lowest BCUT2D eigenvalue weighted by Gasteiger charge is -2.41. The molecule has 1 saturated heterocycles. The highest BCUT2D eigenvalue weighted by atomic mass is 32.2. The molecule has 1 aliphatic carbocycles. The van der Waals surface area contributed by atoms with Crippen LogP contribution in [0.15, 0.2) is 0 Å². The molecule has 1 amide bonds. The Morgan fingerprint density at radius 2 is 2.00 bits per heavy atom. The Morgan fingerprint density at radius 3 is 2.56 bits per heavy atom. The fourth-order valence-corrected chi connectivity index (χ4v) is 3.93. The van der Waals surface area contributed by atoms with Crippen molar-refractivity contribution in [3.05, 3.63) is 0 Å². The lowest BCUT2D eigenvalue weighted by atomic mass is 9.66. The van der Waals surface area contributed by atoms with Crippen molar-refractivity contribution in [2.24, 2.45) is 11.1 Å². The van der Waals surface area contributed by atoms with Gasteiger partial charge in [0.05, 0.1) is 0 Å². The Hall–Kier alpha value is -0.220. The molecule has 2 N–H and O–H groups in total. The zero-order valence-corrected chi connectivity index (χ0v) is 12.5. The first-order chi connectivity index (χ1) is 8.46. The molecular formula is C14H26N2OS. The third kappa shape index (κ3) is 3.21. The molecule has 2 rings (SSSR count). The Kier molecular flexibility index (Phi) is 4.27. The van der Waals surface area contributed by atoms with Crippen LogP contribution in [0.5, 0.6) is 0 Å². The van der Waals surface area contributed by atoms with E-state index in [-0.39, 0.29) is 5.41 Å². The largest absolute Gasteiger partial charge is 0.342 e. The quantitative estimate of drug-likeness (QED) is 0.855. The van der Waals surface area contributed by atoms with Gasteiger partial charge >= 0.3 is 0 Å². The summed E-state index contributed by atoms with van der Waals surface area (Å²) in [6.07, 6.45) is 5.30. The fraction of sp³-hybridized carbons (Fsp3) is 0.929. The van der Waals surface area contributed by atoms with Crippen molar-refractivity contribution in [3.63, 3.8) is 0 Å². The molecule has 1 saturated carbocycles. The van der Waals surface area contributed by atoms with Crippen molar-refractivity contribution in [2.45, 2.75) is 50.7 Å². The smallest absolute Gasteiger partial charge is 0.223 e. The van der Waals surface area contributed by atoms with Crippen LogP contribution in [-0.2, 0) is 4.79 Å². The highest BCUT2D eigenvalue weighted by Gasteiger charge is 2.39. The molecule has 0 bridgehead atoms. The van der Waals surface area contributed by atoms with Gasteiger partial charge in [-0.3, -0.25) is 4.79 Å². The average Bonchev–Trinajstić information content (AvgIpc) is 2.44. The summed E-state index contributed by atoms with van der Waals surface area (Å²) in [7, 11) is 0. The highest BCUT2D eigenvalue weighted by molar-refractivity contribution is 8.00. The second-order valence-corrected chi connectivity index (χ2v) is 8.28. The van der Waals surface area contributed by atoms with E-state index in [1.54, 1.807) is 0 Å². The van der Waals surface area contributed by atoms with Crippen LogP contribution in [0.3, 0.4) is 0 Å². The fourth-order valence-electron chi connectivity index (χ4n) is 2.83. The summed E-state index contributed by atoms with van der Waals surface area (Å²) in [5.41, 5.74) is 5.99. The molecule has 0 radical (unpaired) electrons. The van der Waals surface area contributed by atoms with Gasteiger partial charge in [0.2, 0.25) is 5.91 Å². The topological polar surface area (TPSA) is 46.3 Å². The van der Waals surface area contributed by atoms with Crippen LogP contribution in [0.1, 0.15) is 46.0 Å². The third-order valence-corrected chi connectivity index (χ3v) is 5.94. The van der Waals surface area contributed by atoms with Gasteiger partial charge in [-0.05, 0) is 31.2 Å². The van der Waals surface area contributed by atoms with E-state index in [1.807, 2.05) is 11.8 Å². The van der Waals surface area contributed by atoms with Crippen LogP contribution in [0.2, 0.25) is 0 Å². The van der Waals surface area contributed by atoms with Crippen molar-refractivity contribution < 1.29 is 4.79 Å². The van der Waals surface area contributed by atoms with Gasteiger partial charge in [-0.15, -0.1) is 0 Å². The van der Waals surface area contributed by atoms with E-state index < -0.39 is 0 Å². The van der Waals surface area contributed by atoms with E-state index in [2.05, 4.69) is 18.7 Å². The molecule has 0 unspecified atom stereocenters. The second kappa shape index (κ2) is 5.41. The Morgan fingerprint density at radius 1 is 1.28 bits per heavy atom. The highest BCUT2D eigenvalue weighted by Crippen LogP contribution is 2.43. The summed E-state index contributed by atoms with van der Waals surface area (Å²) >= 11 is 1.99. The first-order valence-electron chi connectivity index (χ1n) is 7.08. The van der Waals surface area contributed by atoms with Gasteiger partial charge in [0, 0.05) is 30.0 Å². The average molecular weight is 270 g/mol. The maximum Gasteiger partial charge on any atom is 0.223 e. The zero-order chi connectivity index (χ0) is 13.2. The van der Waals surface area contributed by atoms with Gasteiger partial charge in [0.25, 0.3) is 0 Å². The van der Waals surface area contributed by atoms with E-state index in [4.69, 9.17) is 5.73 Å². The SMILES string of the molecule is CC1(C)CCN(C(=O)CC2(CN)CCC2)CCS1. The van der Waals surface area contributed by atoms with Gasteiger partial charge in [0.1, 0.15) is 0 Å². The molecule has 104 valence electrons. The van der Waals surface area contributed by atoms with Gasteiger partial charge in [0.15, 0.2) is 0 Å². The number of hydrogen-bond donors (Lipinski definition) is 1. The van der Waals surface area contributed by atoms with E-state index in [9.17, 15) is 4.79 Å². The van der Waals surface area contributed by atoms with Gasteiger partial charge in [-0.2, -0.15) is 11.8 Å². The summed E-state index contributed by atoms with van der Waals surface area (Å²) in [6.45, 7) is 7.05. The van der Waals surface area contributed by atoms with Crippen molar-refractivity contribution in [1.82, 2.24) is 4.90 Å². The molecule has 1 aliphatic heterocycles. The van der Waals surface area contributed by atoms with E-state index in [0.29, 0.717) is 23.6 Å². The van der Waals surface area contributed by atoms with Crippen LogP contribution in [0.4, 0.5) is 0 Å².